The van der Waals surface area contributed by atoms with Gasteiger partial charge >= 0.3 is 0 Å². The number of nitrogens with two attached hydrogens (primary N) is 1. The summed E-state index contributed by atoms with van der Waals surface area (Å²) in [5.41, 5.74) is 10.8. The third-order valence-electron chi connectivity index (χ3n) is 4.27. The number of benzene rings is 1. The van der Waals surface area contributed by atoms with Gasteiger partial charge in [0.2, 0.25) is 0 Å². The van der Waals surface area contributed by atoms with Gasteiger partial charge in [-0.2, -0.15) is 0 Å². The van der Waals surface area contributed by atoms with Crippen molar-refractivity contribution in [1.82, 2.24) is 9.97 Å². The van der Waals surface area contributed by atoms with Crippen molar-refractivity contribution in [3.8, 4) is 11.4 Å². The lowest BCUT2D eigenvalue weighted by Gasteiger charge is -2.15. The van der Waals surface area contributed by atoms with Gasteiger partial charge in [0, 0.05) is 11.5 Å². The molecule has 1 aromatic heterocycles. The minimum Gasteiger partial charge on any atom is -0.383 e. The highest BCUT2D eigenvalue weighted by atomic mass is 127. The molecule has 1 aliphatic carbocycles. The minimum absolute atomic E-state index is 0.548. The van der Waals surface area contributed by atoms with Gasteiger partial charge in [-0.05, 0) is 54.8 Å². The van der Waals surface area contributed by atoms with Crippen molar-refractivity contribution >= 4 is 28.4 Å². The highest BCUT2D eigenvalue weighted by Crippen LogP contribution is 2.37. The van der Waals surface area contributed by atoms with E-state index in [4.69, 9.17) is 10.7 Å². The molecule has 0 bridgehead atoms. The standard InChI is InChI=1S/C17H20IN3/c1-10-7-8-13(11(2)9-10)17-20-15(12-5-3-4-6-12)14(18)16(19)21-17/h7-9,12H,3-6H2,1-2H3,(H2,19,20,21). The predicted molar refractivity (Wildman–Crippen MR) is 95.3 cm³/mol. The summed E-state index contributed by atoms with van der Waals surface area (Å²) in [5.74, 6) is 1.93. The lowest BCUT2D eigenvalue weighted by Crippen LogP contribution is -2.08. The van der Waals surface area contributed by atoms with Crippen LogP contribution < -0.4 is 5.73 Å². The second kappa shape index (κ2) is 5.91. The van der Waals surface area contributed by atoms with Gasteiger partial charge in [0.05, 0.1) is 9.26 Å². The average Bonchev–Trinajstić information content (AvgIpc) is 2.96. The average molecular weight is 393 g/mol. The molecule has 110 valence electrons. The maximum atomic E-state index is 6.15. The van der Waals surface area contributed by atoms with E-state index in [1.165, 1.54) is 36.8 Å². The smallest absolute Gasteiger partial charge is 0.162 e. The van der Waals surface area contributed by atoms with Gasteiger partial charge in [0.25, 0.3) is 0 Å². The summed E-state index contributed by atoms with van der Waals surface area (Å²) >= 11 is 2.29. The first-order valence-corrected chi connectivity index (χ1v) is 8.54. The van der Waals surface area contributed by atoms with E-state index in [1.807, 2.05) is 0 Å². The zero-order valence-electron chi connectivity index (χ0n) is 12.5. The first-order valence-electron chi connectivity index (χ1n) is 7.47. The first-order chi connectivity index (χ1) is 10.1. The molecular formula is C17H20IN3. The predicted octanol–water partition coefficient (Wildman–Crippen LogP) is 4.60. The normalized spacial score (nSPS) is 15.6. The van der Waals surface area contributed by atoms with Crippen LogP contribution in [0.25, 0.3) is 11.4 Å². The van der Waals surface area contributed by atoms with Crippen LogP contribution in [0.5, 0.6) is 0 Å². The largest absolute Gasteiger partial charge is 0.383 e. The lowest BCUT2D eigenvalue weighted by molar-refractivity contribution is 0.691. The second-order valence-electron chi connectivity index (χ2n) is 5.93. The summed E-state index contributed by atoms with van der Waals surface area (Å²) in [6.45, 7) is 4.21. The van der Waals surface area contributed by atoms with Crippen LogP contribution in [0.3, 0.4) is 0 Å². The molecular weight excluding hydrogens is 373 g/mol. The molecule has 0 amide bonds. The quantitative estimate of drug-likeness (QED) is 0.759. The summed E-state index contributed by atoms with van der Waals surface area (Å²) in [6, 6.07) is 6.38. The number of nitrogens with zero attached hydrogens (tertiary/aromatic N) is 2. The number of nitrogen functional groups attached to an aromatic ring is 1. The van der Waals surface area contributed by atoms with Crippen LogP contribution in [0.2, 0.25) is 0 Å². The Bertz CT molecular complexity index is 676. The molecule has 2 aromatic rings. The van der Waals surface area contributed by atoms with E-state index < -0.39 is 0 Å². The molecule has 1 fully saturated rings. The molecule has 0 unspecified atom stereocenters. The molecule has 2 N–H and O–H groups in total. The molecule has 21 heavy (non-hydrogen) atoms. The van der Waals surface area contributed by atoms with Crippen molar-refractivity contribution in [1.29, 1.82) is 0 Å². The van der Waals surface area contributed by atoms with Crippen molar-refractivity contribution in [2.45, 2.75) is 45.4 Å². The Kier molecular flexibility index (Phi) is 4.15. The number of rotatable bonds is 2. The molecule has 1 saturated carbocycles. The first kappa shape index (κ1) is 14.8. The molecule has 1 heterocycles. The number of aromatic nitrogens is 2. The maximum Gasteiger partial charge on any atom is 0.162 e. The molecule has 0 aliphatic heterocycles. The van der Waals surface area contributed by atoms with Crippen molar-refractivity contribution in [3.63, 3.8) is 0 Å². The van der Waals surface area contributed by atoms with Gasteiger partial charge in [-0.1, -0.05) is 36.6 Å². The highest BCUT2D eigenvalue weighted by molar-refractivity contribution is 14.1. The monoisotopic (exact) mass is 393 g/mol. The number of aryl methyl sites for hydroxylation is 2. The molecule has 1 aromatic carbocycles. The van der Waals surface area contributed by atoms with Crippen molar-refractivity contribution < 1.29 is 0 Å². The van der Waals surface area contributed by atoms with Crippen LogP contribution in [0.1, 0.15) is 48.4 Å². The van der Waals surface area contributed by atoms with E-state index in [0.29, 0.717) is 11.7 Å². The van der Waals surface area contributed by atoms with Gasteiger partial charge in [-0.3, -0.25) is 0 Å². The van der Waals surface area contributed by atoms with Gasteiger partial charge in [0.15, 0.2) is 5.82 Å². The summed E-state index contributed by atoms with van der Waals surface area (Å²) in [4.78, 5) is 9.40. The highest BCUT2D eigenvalue weighted by Gasteiger charge is 2.23. The number of hydrogen-bond donors (Lipinski definition) is 1. The fraction of sp³-hybridized carbons (Fsp3) is 0.412. The van der Waals surface area contributed by atoms with E-state index in [1.54, 1.807) is 0 Å². The fourth-order valence-electron chi connectivity index (χ4n) is 3.14. The van der Waals surface area contributed by atoms with Crippen LogP contribution in [0.15, 0.2) is 18.2 Å². The molecule has 0 radical (unpaired) electrons. The van der Waals surface area contributed by atoms with E-state index in [-0.39, 0.29) is 0 Å². The van der Waals surface area contributed by atoms with E-state index in [9.17, 15) is 0 Å². The molecule has 1 aliphatic rings. The molecule has 0 atom stereocenters. The van der Waals surface area contributed by atoms with E-state index >= 15 is 0 Å². The Hall–Kier alpha value is -1.17. The van der Waals surface area contributed by atoms with Crippen LogP contribution in [0.4, 0.5) is 5.82 Å². The molecule has 3 rings (SSSR count). The summed E-state index contributed by atoms with van der Waals surface area (Å²) in [7, 11) is 0. The Labute approximate surface area is 139 Å². The second-order valence-corrected chi connectivity index (χ2v) is 7.01. The zero-order chi connectivity index (χ0) is 15.0. The summed E-state index contributed by atoms with van der Waals surface area (Å²) in [6.07, 6.45) is 5.03. The molecule has 3 nitrogen and oxygen atoms in total. The lowest BCUT2D eigenvalue weighted by atomic mass is 10.0. The van der Waals surface area contributed by atoms with Gasteiger partial charge in [0.1, 0.15) is 5.82 Å². The number of anilines is 1. The van der Waals surface area contributed by atoms with Crippen molar-refractivity contribution in [2.24, 2.45) is 0 Å². The topological polar surface area (TPSA) is 51.8 Å². The Morgan fingerprint density at radius 1 is 1.14 bits per heavy atom. The Morgan fingerprint density at radius 2 is 1.86 bits per heavy atom. The molecule has 0 spiro atoms. The number of halogens is 1. The van der Waals surface area contributed by atoms with Crippen LogP contribution in [-0.4, -0.2) is 9.97 Å². The third kappa shape index (κ3) is 2.91. The maximum absolute atomic E-state index is 6.15. The third-order valence-corrected chi connectivity index (χ3v) is 5.37. The fourth-order valence-corrected chi connectivity index (χ4v) is 3.82. The van der Waals surface area contributed by atoms with Crippen LogP contribution in [0, 0.1) is 17.4 Å². The SMILES string of the molecule is Cc1ccc(-c2nc(N)c(I)c(C3CCCC3)n2)c(C)c1. The van der Waals surface area contributed by atoms with Crippen molar-refractivity contribution in [3.05, 3.63) is 38.6 Å². The van der Waals surface area contributed by atoms with Crippen LogP contribution >= 0.6 is 22.6 Å². The Morgan fingerprint density at radius 3 is 2.52 bits per heavy atom. The minimum atomic E-state index is 0.548. The van der Waals surface area contributed by atoms with Gasteiger partial charge < -0.3 is 5.73 Å². The number of hydrogen-bond acceptors (Lipinski definition) is 3. The van der Waals surface area contributed by atoms with E-state index in [2.05, 4.69) is 59.6 Å². The molecule has 4 heteroatoms. The van der Waals surface area contributed by atoms with Crippen molar-refractivity contribution in [2.75, 3.05) is 5.73 Å². The van der Waals surface area contributed by atoms with Gasteiger partial charge in [-0.25, -0.2) is 9.97 Å². The summed E-state index contributed by atoms with van der Waals surface area (Å²) < 4.78 is 1.04. The Balaban J connectivity index is 2.10. The van der Waals surface area contributed by atoms with Gasteiger partial charge in [-0.15, -0.1) is 0 Å². The van der Waals surface area contributed by atoms with Crippen LogP contribution in [-0.2, 0) is 0 Å². The van der Waals surface area contributed by atoms with E-state index in [0.717, 1.165) is 20.7 Å². The zero-order valence-corrected chi connectivity index (χ0v) is 14.6. The molecule has 0 saturated heterocycles. The summed E-state index contributed by atoms with van der Waals surface area (Å²) in [5, 5.41) is 0.